The highest BCUT2D eigenvalue weighted by atomic mass is 35.5. The molecule has 13 heteroatoms. The average molecular weight is 551 g/mol. The molecule has 0 bridgehead atoms. The number of nitrogens with zero attached hydrogens (tertiary/aromatic N) is 1. The third-order valence-corrected chi connectivity index (χ3v) is 5.90. The van der Waals surface area contributed by atoms with Gasteiger partial charge in [0.1, 0.15) is 12.6 Å². The lowest BCUT2D eigenvalue weighted by Crippen LogP contribution is -2.49. The Balaban J connectivity index is 1.91. The Morgan fingerprint density at radius 3 is 2.27 bits per heavy atom. The fourth-order valence-electron chi connectivity index (χ4n) is 2.98. The summed E-state index contributed by atoms with van der Waals surface area (Å²) in [6.45, 7) is 0.727. The molecular formula is C24H31ClN6O5S. The van der Waals surface area contributed by atoms with E-state index in [0.29, 0.717) is 10.7 Å². The molecule has 2 rings (SSSR count). The second kappa shape index (κ2) is 16.4. The molecule has 8 N–H and O–H groups in total. The summed E-state index contributed by atoms with van der Waals surface area (Å²) in [6, 6.07) is 13.3. The molecule has 0 aliphatic carbocycles. The van der Waals surface area contributed by atoms with Gasteiger partial charge in [-0.3, -0.25) is 14.4 Å². The number of carbonyl (C=O) groups is 3. The Kier molecular flexibility index (Phi) is 13.3. The lowest BCUT2D eigenvalue weighted by molar-refractivity contribution is -0.128. The Labute approximate surface area is 224 Å². The summed E-state index contributed by atoms with van der Waals surface area (Å²) < 4.78 is 10.4. The molecule has 0 saturated heterocycles. The molecule has 0 saturated carbocycles. The number of hydrogen-bond acceptors (Lipinski definition) is 7. The maximum Gasteiger partial charge on any atom is 0.243 e. The maximum atomic E-state index is 12.9. The highest BCUT2D eigenvalue weighted by Crippen LogP contribution is 2.20. The van der Waals surface area contributed by atoms with Gasteiger partial charge in [-0.2, -0.15) is 0 Å². The van der Waals surface area contributed by atoms with E-state index < -0.39 is 11.9 Å². The number of nitrogens with one attached hydrogen (secondary N) is 2. The van der Waals surface area contributed by atoms with E-state index in [1.165, 1.54) is 11.8 Å². The van der Waals surface area contributed by atoms with Crippen LogP contribution in [0.4, 0.5) is 5.69 Å². The average Bonchev–Trinajstić information content (AvgIpc) is 2.85. The summed E-state index contributed by atoms with van der Waals surface area (Å²) in [7, 11) is 0. The van der Waals surface area contributed by atoms with Crippen molar-refractivity contribution in [1.29, 1.82) is 0 Å². The Morgan fingerprint density at radius 2 is 1.62 bits per heavy atom. The molecule has 1 atom stereocenters. The first-order chi connectivity index (χ1) is 17.7. The molecule has 0 unspecified atom stereocenters. The predicted molar refractivity (Wildman–Crippen MR) is 144 cm³/mol. The lowest BCUT2D eigenvalue weighted by Gasteiger charge is -2.19. The van der Waals surface area contributed by atoms with Crippen LogP contribution in [0.1, 0.15) is 5.56 Å². The van der Waals surface area contributed by atoms with Crippen LogP contribution in [-0.2, 0) is 30.3 Å². The van der Waals surface area contributed by atoms with Gasteiger partial charge in [-0.05, 0) is 42.0 Å². The van der Waals surface area contributed by atoms with Gasteiger partial charge in [0.05, 0.1) is 31.3 Å². The zero-order valence-corrected chi connectivity index (χ0v) is 21.7. The monoisotopic (exact) mass is 550 g/mol. The molecule has 0 radical (unpaired) electrons. The van der Waals surface area contributed by atoms with E-state index in [0.717, 1.165) is 10.5 Å². The largest absolute Gasteiger partial charge is 0.377 e. The van der Waals surface area contributed by atoms with Crippen molar-refractivity contribution in [3.63, 3.8) is 0 Å². The number of guanidine groups is 1. The number of primary amides is 1. The fraction of sp³-hybridized carbons (Fsp3) is 0.333. The quantitative estimate of drug-likeness (QED) is 0.0874. The summed E-state index contributed by atoms with van der Waals surface area (Å²) >= 11 is 7.24. The van der Waals surface area contributed by atoms with Crippen molar-refractivity contribution in [3.05, 3.63) is 59.1 Å². The van der Waals surface area contributed by atoms with Crippen molar-refractivity contribution < 1.29 is 23.9 Å². The summed E-state index contributed by atoms with van der Waals surface area (Å²) in [6.07, 6.45) is 0.257. The molecule has 37 heavy (non-hydrogen) atoms. The second-order valence-electron chi connectivity index (χ2n) is 7.69. The highest BCUT2D eigenvalue weighted by Gasteiger charge is 2.21. The number of benzene rings is 2. The third kappa shape index (κ3) is 13.0. The number of halogens is 1. The minimum atomic E-state index is -0.814. The second-order valence-corrected chi connectivity index (χ2v) is 9.18. The number of ether oxygens (including phenoxy) is 2. The van der Waals surface area contributed by atoms with Crippen LogP contribution in [0.25, 0.3) is 0 Å². The van der Waals surface area contributed by atoms with Crippen LogP contribution < -0.4 is 27.8 Å². The van der Waals surface area contributed by atoms with Gasteiger partial charge in [0.15, 0.2) is 5.96 Å². The van der Waals surface area contributed by atoms with Crippen molar-refractivity contribution in [1.82, 2.24) is 10.6 Å². The minimum absolute atomic E-state index is 0.0582. The van der Waals surface area contributed by atoms with E-state index in [2.05, 4.69) is 15.6 Å². The van der Waals surface area contributed by atoms with Gasteiger partial charge >= 0.3 is 0 Å². The van der Waals surface area contributed by atoms with Crippen molar-refractivity contribution in [2.75, 3.05) is 38.7 Å². The Hall–Kier alpha value is -3.32. The summed E-state index contributed by atoms with van der Waals surface area (Å²) in [5.41, 5.74) is 17.2. The summed E-state index contributed by atoms with van der Waals surface area (Å²) in [5, 5.41) is 6.18. The van der Waals surface area contributed by atoms with Gasteiger partial charge in [-0.1, -0.05) is 23.7 Å². The molecule has 0 aliphatic heterocycles. The molecule has 11 nitrogen and oxygen atoms in total. The van der Waals surface area contributed by atoms with Crippen molar-refractivity contribution in [3.8, 4) is 0 Å². The molecule has 0 fully saturated rings. The third-order valence-electron chi connectivity index (χ3n) is 4.63. The summed E-state index contributed by atoms with van der Waals surface area (Å²) in [4.78, 5) is 41.0. The van der Waals surface area contributed by atoms with Crippen LogP contribution >= 0.6 is 23.4 Å². The molecule has 3 amide bonds. The van der Waals surface area contributed by atoms with E-state index in [1.54, 1.807) is 36.4 Å². The molecule has 0 heterocycles. The first-order valence-electron chi connectivity index (χ1n) is 11.3. The van der Waals surface area contributed by atoms with Crippen LogP contribution in [0.2, 0.25) is 5.02 Å². The van der Waals surface area contributed by atoms with Crippen LogP contribution in [0.5, 0.6) is 0 Å². The molecule has 0 spiro atoms. The van der Waals surface area contributed by atoms with Gasteiger partial charge in [-0.25, -0.2) is 4.99 Å². The van der Waals surface area contributed by atoms with Crippen LogP contribution in [0, 0.1) is 0 Å². The van der Waals surface area contributed by atoms with Crippen LogP contribution in [0.3, 0.4) is 0 Å². The number of amides is 3. The standard InChI is InChI=1S/C24H31ClN6O5S/c25-17-3-7-19(8-4-17)37-15-22(33)31-20(13-16-1-5-18(6-2-16)30-24(27)28)23(34)29-9-10-35-11-12-36-14-21(26)32/h1-8,20H,9-15H2,(H2,26,32)(H,29,34)(H,31,33)(H4,27,28,30)/t20-/m0/s1. The number of aliphatic imine (C=N–C) groups is 1. The SMILES string of the molecule is NC(=O)COCCOCCNC(=O)[C@H](Cc1ccc(N=C(N)N)cc1)NC(=O)CSc1ccc(Cl)cc1. The van der Waals surface area contributed by atoms with Gasteiger partial charge in [-0.15, -0.1) is 11.8 Å². The molecule has 0 aliphatic rings. The zero-order valence-electron chi connectivity index (χ0n) is 20.2. The highest BCUT2D eigenvalue weighted by molar-refractivity contribution is 8.00. The first kappa shape index (κ1) is 29.9. The first-order valence-corrected chi connectivity index (χ1v) is 12.7. The Bertz CT molecular complexity index is 1050. The molecule has 200 valence electrons. The van der Waals surface area contributed by atoms with E-state index in [9.17, 15) is 14.4 Å². The fourth-order valence-corrected chi connectivity index (χ4v) is 3.81. The molecular weight excluding hydrogens is 520 g/mol. The van der Waals surface area contributed by atoms with E-state index in [1.807, 2.05) is 12.1 Å². The Morgan fingerprint density at radius 1 is 0.946 bits per heavy atom. The number of rotatable bonds is 16. The maximum absolute atomic E-state index is 12.9. The number of hydrogen-bond donors (Lipinski definition) is 5. The lowest BCUT2D eigenvalue weighted by atomic mass is 10.0. The van der Waals surface area contributed by atoms with Crippen molar-refractivity contribution >= 4 is 52.7 Å². The normalized spacial score (nSPS) is 11.4. The molecule has 0 aromatic heterocycles. The number of nitrogens with two attached hydrogens (primary N) is 3. The van der Waals surface area contributed by atoms with Gasteiger partial charge in [0, 0.05) is 22.9 Å². The van der Waals surface area contributed by atoms with E-state index in [-0.39, 0.29) is 62.9 Å². The molecule has 2 aromatic carbocycles. The predicted octanol–water partition coefficient (Wildman–Crippen LogP) is 0.699. The van der Waals surface area contributed by atoms with Gasteiger partial charge < -0.3 is 37.3 Å². The topological polar surface area (TPSA) is 184 Å². The van der Waals surface area contributed by atoms with E-state index in [4.69, 9.17) is 38.3 Å². The molecule has 2 aromatic rings. The number of thioether (sulfide) groups is 1. The smallest absolute Gasteiger partial charge is 0.243 e. The van der Waals surface area contributed by atoms with Crippen molar-refractivity contribution in [2.45, 2.75) is 17.4 Å². The van der Waals surface area contributed by atoms with Crippen LogP contribution in [0.15, 0.2) is 58.4 Å². The van der Waals surface area contributed by atoms with Gasteiger partial charge in [0.2, 0.25) is 17.7 Å². The van der Waals surface area contributed by atoms with Crippen molar-refractivity contribution in [2.24, 2.45) is 22.2 Å². The van der Waals surface area contributed by atoms with Crippen LogP contribution in [-0.4, -0.2) is 68.4 Å². The summed E-state index contributed by atoms with van der Waals surface area (Å²) in [5.74, 6) is -1.13. The zero-order chi connectivity index (χ0) is 27.0. The van der Waals surface area contributed by atoms with E-state index >= 15 is 0 Å². The van der Waals surface area contributed by atoms with Gasteiger partial charge in [0.25, 0.3) is 0 Å². The minimum Gasteiger partial charge on any atom is -0.377 e. The number of carbonyl (C=O) groups excluding carboxylic acids is 3.